The zero-order valence-corrected chi connectivity index (χ0v) is 11.5. The van der Waals surface area contributed by atoms with Crippen molar-refractivity contribution in [3.63, 3.8) is 0 Å². The number of hydroxylamine groups is 1. The van der Waals surface area contributed by atoms with Crippen LogP contribution in [0.1, 0.15) is 77.6 Å². The normalized spacial score (nSPS) is 12.9. The van der Waals surface area contributed by atoms with Crippen LogP contribution in [0.4, 0.5) is 0 Å². The van der Waals surface area contributed by atoms with Crippen molar-refractivity contribution in [3.05, 3.63) is 5.21 Å². The molecule has 1 atom stereocenters. The lowest BCUT2D eigenvalue weighted by molar-refractivity contribution is -0.596. The Bertz CT molecular complexity index is 142. The Morgan fingerprint density at radius 2 is 1.35 bits per heavy atom. The predicted octanol–water partition coefficient (Wildman–Crippen LogP) is 2.72. The van der Waals surface area contributed by atoms with Crippen molar-refractivity contribution in [1.82, 2.24) is 0 Å². The minimum atomic E-state index is -0.401. The van der Waals surface area contributed by atoms with Crippen molar-refractivity contribution in [2.45, 2.75) is 83.7 Å². The van der Waals surface area contributed by atoms with E-state index in [9.17, 15) is 10.3 Å². The second kappa shape index (κ2) is 13.9. The minimum Gasteiger partial charge on any atom is -0.636 e. The van der Waals surface area contributed by atoms with Gasteiger partial charge in [-0.15, -0.1) is 0 Å². The predicted molar refractivity (Wildman–Crippen MR) is 72.6 cm³/mol. The van der Waals surface area contributed by atoms with Crippen molar-refractivity contribution in [2.75, 3.05) is 6.54 Å². The molecule has 0 aromatic rings. The molecule has 0 saturated carbocycles. The van der Waals surface area contributed by atoms with Crippen LogP contribution < -0.4 is 5.48 Å². The maximum atomic E-state index is 10.1. The molecule has 1 unspecified atom stereocenters. The van der Waals surface area contributed by atoms with Gasteiger partial charge in [-0.2, -0.15) is 0 Å². The summed E-state index contributed by atoms with van der Waals surface area (Å²) in [5.41, 5.74) is 0.807. The first kappa shape index (κ1) is 16.9. The number of unbranched alkanes of at least 4 members (excludes halogenated alkanes) is 9. The van der Waals surface area contributed by atoms with Gasteiger partial charge in [0.25, 0.3) is 0 Å². The standard InChI is InChI=1S/C14H31NO2/c1-2-3-4-5-6-7-8-9-10-11-12-14(16)13-15-17/h14,16H,2-13,15H2,1H3. The number of quaternary nitrogens is 1. The summed E-state index contributed by atoms with van der Waals surface area (Å²) < 4.78 is 0. The van der Waals surface area contributed by atoms with E-state index < -0.39 is 6.10 Å². The summed E-state index contributed by atoms with van der Waals surface area (Å²) in [4.78, 5) is 0. The summed E-state index contributed by atoms with van der Waals surface area (Å²) in [7, 11) is 0. The van der Waals surface area contributed by atoms with Gasteiger partial charge >= 0.3 is 0 Å². The smallest absolute Gasteiger partial charge is 0.103 e. The van der Waals surface area contributed by atoms with Crippen LogP contribution in [-0.2, 0) is 0 Å². The first-order valence-electron chi connectivity index (χ1n) is 7.43. The van der Waals surface area contributed by atoms with Crippen LogP contribution in [0.2, 0.25) is 0 Å². The maximum Gasteiger partial charge on any atom is 0.103 e. The summed E-state index contributed by atoms with van der Waals surface area (Å²) in [6.07, 6.45) is 13.5. The Morgan fingerprint density at radius 1 is 0.882 bits per heavy atom. The van der Waals surface area contributed by atoms with E-state index in [2.05, 4.69) is 6.92 Å². The Balaban J connectivity index is 2.98. The highest BCUT2D eigenvalue weighted by Gasteiger charge is 2.02. The molecule has 3 N–H and O–H groups in total. The van der Waals surface area contributed by atoms with Gasteiger partial charge < -0.3 is 15.8 Å². The summed E-state index contributed by atoms with van der Waals surface area (Å²) in [6.45, 7) is 2.55. The average Bonchev–Trinajstić information content (AvgIpc) is 2.32. The van der Waals surface area contributed by atoms with E-state index in [0.717, 1.165) is 18.3 Å². The zero-order chi connectivity index (χ0) is 12.8. The fraction of sp³-hybridized carbons (Fsp3) is 1.00. The third kappa shape index (κ3) is 13.8. The van der Waals surface area contributed by atoms with E-state index in [-0.39, 0.29) is 0 Å². The van der Waals surface area contributed by atoms with E-state index in [0.29, 0.717) is 6.54 Å². The highest BCUT2D eigenvalue weighted by molar-refractivity contribution is 4.53. The number of aliphatic hydroxyl groups is 1. The maximum absolute atomic E-state index is 10.1. The lowest BCUT2D eigenvalue weighted by atomic mass is 10.0. The van der Waals surface area contributed by atoms with Crippen molar-refractivity contribution < 1.29 is 10.6 Å². The molecule has 0 saturated heterocycles. The highest BCUT2D eigenvalue weighted by atomic mass is 16.5. The van der Waals surface area contributed by atoms with Crippen LogP contribution in [-0.4, -0.2) is 17.8 Å². The number of hydrogen-bond acceptors (Lipinski definition) is 2. The first-order chi connectivity index (χ1) is 8.31. The van der Waals surface area contributed by atoms with Gasteiger partial charge in [0.15, 0.2) is 0 Å². The Hall–Kier alpha value is -0.120. The van der Waals surface area contributed by atoms with Crippen molar-refractivity contribution in [2.24, 2.45) is 0 Å². The Labute approximate surface area is 107 Å². The van der Waals surface area contributed by atoms with Crippen LogP contribution in [0.5, 0.6) is 0 Å². The molecule has 0 rings (SSSR count). The molecule has 0 aliphatic heterocycles. The van der Waals surface area contributed by atoms with Crippen LogP contribution in [0.25, 0.3) is 0 Å². The monoisotopic (exact) mass is 245 g/mol. The van der Waals surface area contributed by atoms with Crippen LogP contribution in [0.15, 0.2) is 0 Å². The molecule has 0 aliphatic carbocycles. The fourth-order valence-electron chi connectivity index (χ4n) is 2.10. The van der Waals surface area contributed by atoms with Gasteiger partial charge in [0.05, 0.1) is 0 Å². The van der Waals surface area contributed by atoms with Gasteiger partial charge in [0, 0.05) is 0 Å². The number of hydrogen-bond donors (Lipinski definition) is 2. The molecule has 104 valence electrons. The van der Waals surface area contributed by atoms with Crippen LogP contribution in [0, 0.1) is 5.21 Å². The van der Waals surface area contributed by atoms with Gasteiger partial charge in [0.2, 0.25) is 0 Å². The molecule has 0 fully saturated rings. The molecule has 0 amide bonds. The van der Waals surface area contributed by atoms with E-state index in [1.807, 2.05) is 0 Å². The molecule has 0 heterocycles. The topological polar surface area (TPSA) is 59.9 Å². The summed E-state index contributed by atoms with van der Waals surface area (Å²) in [5, 5.41) is 19.5. The lowest BCUT2D eigenvalue weighted by Crippen LogP contribution is -2.79. The summed E-state index contributed by atoms with van der Waals surface area (Å²) in [6, 6.07) is 0. The third-order valence-corrected chi connectivity index (χ3v) is 3.26. The van der Waals surface area contributed by atoms with Gasteiger partial charge in [-0.05, 0) is 6.42 Å². The quantitative estimate of drug-likeness (QED) is 0.387. The first-order valence-corrected chi connectivity index (χ1v) is 7.43. The number of nitrogens with two attached hydrogens (primary N) is 1. The molecule has 0 spiro atoms. The molecular weight excluding hydrogens is 214 g/mol. The Morgan fingerprint density at radius 3 is 1.82 bits per heavy atom. The zero-order valence-electron chi connectivity index (χ0n) is 11.5. The SMILES string of the molecule is CCCCCCCCCCCCC(O)C[NH2+][O-]. The average molecular weight is 245 g/mol. The third-order valence-electron chi connectivity index (χ3n) is 3.26. The fourth-order valence-corrected chi connectivity index (χ4v) is 2.10. The van der Waals surface area contributed by atoms with Gasteiger partial charge in [-0.25, -0.2) is 0 Å². The van der Waals surface area contributed by atoms with E-state index in [4.69, 9.17) is 0 Å². The van der Waals surface area contributed by atoms with E-state index in [1.54, 1.807) is 0 Å². The molecule has 0 radical (unpaired) electrons. The van der Waals surface area contributed by atoms with Gasteiger partial charge in [-0.3, -0.25) is 0 Å². The van der Waals surface area contributed by atoms with Gasteiger partial charge in [0.1, 0.15) is 12.6 Å². The van der Waals surface area contributed by atoms with E-state index >= 15 is 0 Å². The van der Waals surface area contributed by atoms with Crippen molar-refractivity contribution >= 4 is 0 Å². The molecule has 17 heavy (non-hydrogen) atoms. The Kier molecular flexibility index (Phi) is 13.8. The van der Waals surface area contributed by atoms with Crippen LogP contribution in [0.3, 0.4) is 0 Å². The molecule has 0 aromatic heterocycles. The number of aliphatic hydroxyl groups excluding tert-OH is 1. The van der Waals surface area contributed by atoms with Crippen molar-refractivity contribution in [3.8, 4) is 0 Å². The molecule has 0 aromatic carbocycles. The second-order valence-electron chi connectivity index (χ2n) is 5.03. The van der Waals surface area contributed by atoms with Crippen LogP contribution >= 0.6 is 0 Å². The van der Waals surface area contributed by atoms with Gasteiger partial charge in [-0.1, -0.05) is 71.1 Å². The highest BCUT2D eigenvalue weighted by Crippen LogP contribution is 2.11. The lowest BCUT2D eigenvalue weighted by Gasteiger charge is -2.09. The molecule has 0 bridgehead atoms. The summed E-state index contributed by atoms with van der Waals surface area (Å²) in [5.74, 6) is 0. The molecular formula is C14H31NO2. The number of rotatable bonds is 13. The molecule has 3 nitrogen and oxygen atoms in total. The minimum absolute atomic E-state index is 0.303. The largest absolute Gasteiger partial charge is 0.636 e. The molecule has 0 aliphatic rings. The summed E-state index contributed by atoms with van der Waals surface area (Å²) >= 11 is 0. The van der Waals surface area contributed by atoms with E-state index in [1.165, 1.54) is 57.8 Å². The second-order valence-corrected chi connectivity index (χ2v) is 5.03. The molecule has 3 heteroatoms. The van der Waals surface area contributed by atoms with Crippen molar-refractivity contribution in [1.29, 1.82) is 0 Å².